The summed E-state index contributed by atoms with van der Waals surface area (Å²) < 4.78 is 0. The minimum Gasteiger partial charge on any atom is -0.365 e. The number of aromatic amines is 1. The van der Waals surface area contributed by atoms with Crippen LogP contribution in [0.5, 0.6) is 0 Å². The molecule has 112 valence electrons. The zero-order valence-corrected chi connectivity index (χ0v) is 13.4. The quantitative estimate of drug-likeness (QED) is 0.808. The zero-order valence-electron chi connectivity index (χ0n) is 12.6. The van der Waals surface area contributed by atoms with Crippen LogP contribution in [0.3, 0.4) is 0 Å². The fourth-order valence-corrected chi connectivity index (χ4v) is 4.33. The van der Waals surface area contributed by atoms with Gasteiger partial charge in [0, 0.05) is 23.1 Å². The molecule has 0 bridgehead atoms. The van der Waals surface area contributed by atoms with Crippen molar-refractivity contribution < 1.29 is 4.98 Å². The third kappa shape index (κ3) is 2.46. The Morgan fingerprint density at radius 3 is 3.23 bits per heavy atom. The van der Waals surface area contributed by atoms with Crippen molar-refractivity contribution in [1.82, 2.24) is 9.97 Å². The molecule has 3 aromatic heterocycles. The number of aryl methyl sites for hydroxylation is 1. The smallest absolute Gasteiger partial charge is 0.171 e. The minimum atomic E-state index is 0.752. The number of thiophene rings is 1. The number of H-pyrrole nitrogens is 1. The number of fused-ring (bicyclic) bond motifs is 3. The molecular formula is C17H19N4S+. The molecule has 2 N–H and O–H groups in total. The summed E-state index contributed by atoms with van der Waals surface area (Å²) in [5.41, 5.74) is 2.69. The van der Waals surface area contributed by atoms with E-state index in [1.807, 2.05) is 29.8 Å². The topological polar surface area (TPSA) is 52.0 Å². The van der Waals surface area contributed by atoms with E-state index in [2.05, 4.69) is 33.3 Å². The molecule has 1 aliphatic rings. The number of anilines is 1. The Hall–Kier alpha value is -2.01. The highest BCUT2D eigenvalue weighted by atomic mass is 32.1. The SMILES string of the molecule is CC1CCc2sc3ncnc(NCc4ccc[nH+]c4)c3c2C1. The number of hydrogen-bond acceptors (Lipinski definition) is 4. The Bertz CT molecular complexity index is 797. The largest absolute Gasteiger partial charge is 0.365 e. The van der Waals surface area contributed by atoms with Gasteiger partial charge in [-0.1, -0.05) is 6.92 Å². The van der Waals surface area contributed by atoms with E-state index in [0.717, 1.165) is 29.5 Å². The second-order valence-electron chi connectivity index (χ2n) is 6.02. The molecule has 1 aliphatic carbocycles. The van der Waals surface area contributed by atoms with Gasteiger partial charge in [0.1, 0.15) is 17.0 Å². The van der Waals surface area contributed by atoms with Gasteiger partial charge in [-0.15, -0.1) is 11.3 Å². The van der Waals surface area contributed by atoms with Crippen LogP contribution in [0.4, 0.5) is 5.82 Å². The van der Waals surface area contributed by atoms with Gasteiger partial charge in [-0.25, -0.2) is 15.0 Å². The number of nitrogens with zero attached hydrogens (tertiary/aromatic N) is 2. The molecule has 0 fully saturated rings. The molecular weight excluding hydrogens is 292 g/mol. The van der Waals surface area contributed by atoms with E-state index in [0.29, 0.717) is 0 Å². The van der Waals surface area contributed by atoms with Gasteiger partial charge in [0.05, 0.1) is 5.39 Å². The summed E-state index contributed by atoms with van der Waals surface area (Å²) >= 11 is 1.84. The highest BCUT2D eigenvalue weighted by Gasteiger charge is 2.23. The molecule has 5 heteroatoms. The van der Waals surface area contributed by atoms with Gasteiger partial charge in [0.2, 0.25) is 0 Å². The molecule has 0 aromatic carbocycles. The predicted octanol–water partition coefficient (Wildman–Crippen LogP) is 3.24. The van der Waals surface area contributed by atoms with E-state index >= 15 is 0 Å². The molecule has 3 heterocycles. The summed E-state index contributed by atoms with van der Waals surface area (Å²) in [6.07, 6.45) is 9.23. The fourth-order valence-electron chi connectivity index (χ4n) is 3.14. The first-order valence-corrected chi connectivity index (χ1v) is 8.57. The predicted molar refractivity (Wildman–Crippen MR) is 88.9 cm³/mol. The average molecular weight is 311 g/mol. The zero-order chi connectivity index (χ0) is 14.9. The summed E-state index contributed by atoms with van der Waals surface area (Å²) in [4.78, 5) is 14.7. The van der Waals surface area contributed by atoms with Crippen LogP contribution in [0.25, 0.3) is 10.2 Å². The standard InChI is InChI=1S/C17H18N4S/c1-11-4-5-14-13(7-11)15-16(20-10-21-17(15)22-14)19-9-12-3-2-6-18-8-12/h2-3,6,8,10-11H,4-5,7,9H2,1H3,(H,19,20,21)/p+1. The molecule has 0 aliphatic heterocycles. The van der Waals surface area contributed by atoms with Crippen molar-refractivity contribution in [3.63, 3.8) is 0 Å². The fraction of sp³-hybridized carbons (Fsp3) is 0.353. The van der Waals surface area contributed by atoms with Crippen molar-refractivity contribution in [2.75, 3.05) is 5.32 Å². The molecule has 0 spiro atoms. The average Bonchev–Trinajstić information content (AvgIpc) is 2.92. The molecule has 4 rings (SSSR count). The van der Waals surface area contributed by atoms with Crippen LogP contribution in [-0.4, -0.2) is 9.97 Å². The van der Waals surface area contributed by atoms with Crippen molar-refractivity contribution in [3.8, 4) is 0 Å². The van der Waals surface area contributed by atoms with E-state index in [-0.39, 0.29) is 0 Å². The molecule has 1 unspecified atom stereocenters. The summed E-state index contributed by atoms with van der Waals surface area (Å²) in [7, 11) is 0. The molecule has 0 saturated heterocycles. The first kappa shape index (κ1) is 13.6. The summed E-state index contributed by atoms with van der Waals surface area (Å²) in [6.45, 7) is 3.10. The van der Waals surface area contributed by atoms with Gasteiger partial charge in [0.15, 0.2) is 12.4 Å². The van der Waals surface area contributed by atoms with Gasteiger partial charge in [-0.3, -0.25) is 0 Å². The van der Waals surface area contributed by atoms with Crippen molar-refractivity contribution in [2.24, 2.45) is 5.92 Å². The van der Waals surface area contributed by atoms with Gasteiger partial charge >= 0.3 is 0 Å². The van der Waals surface area contributed by atoms with Crippen LogP contribution in [0, 0.1) is 5.92 Å². The lowest BCUT2D eigenvalue weighted by Gasteiger charge is -2.18. The molecule has 0 amide bonds. The monoisotopic (exact) mass is 311 g/mol. The maximum absolute atomic E-state index is 4.50. The van der Waals surface area contributed by atoms with Crippen LogP contribution in [0.15, 0.2) is 30.9 Å². The van der Waals surface area contributed by atoms with E-state index in [9.17, 15) is 0 Å². The molecule has 0 radical (unpaired) electrons. The molecule has 0 saturated carbocycles. The second kappa shape index (κ2) is 5.65. The number of aromatic nitrogens is 3. The van der Waals surface area contributed by atoms with Crippen molar-refractivity contribution >= 4 is 27.4 Å². The second-order valence-corrected chi connectivity index (χ2v) is 7.10. The number of nitrogens with one attached hydrogen (secondary N) is 2. The van der Waals surface area contributed by atoms with Gasteiger partial charge in [-0.05, 0) is 36.8 Å². The third-order valence-corrected chi connectivity index (χ3v) is 5.52. The molecule has 4 nitrogen and oxygen atoms in total. The van der Waals surface area contributed by atoms with E-state index in [1.165, 1.54) is 34.2 Å². The van der Waals surface area contributed by atoms with Crippen LogP contribution in [0.2, 0.25) is 0 Å². The first-order chi connectivity index (χ1) is 10.8. The van der Waals surface area contributed by atoms with Crippen molar-refractivity contribution in [2.45, 2.75) is 32.7 Å². The normalized spacial score (nSPS) is 17.4. The lowest BCUT2D eigenvalue weighted by atomic mass is 9.88. The lowest BCUT2D eigenvalue weighted by molar-refractivity contribution is -0.378. The van der Waals surface area contributed by atoms with Gasteiger partial charge < -0.3 is 5.32 Å². The lowest BCUT2D eigenvalue weighted by Crippen LogP contribution is -2.10. The summed E-state index contributed by atoms with van der Waals surface area (Å²) in [6, 6.07) is 4.12. The number of hydrogen-bond donors (Lipinski definition) is 1. The minimum absolute atomic E-state index is 0.752. The van der Waals surface area contributed by atoms with Gasteiger partial charge in [0.25, 0.3) is 0 Å². The Morgan fingerprint density at radius 2 is 2.36 bits per heavy atom. The van der Waals surface area contributed by atoms with Gasteiger partial charge in [-0.2, -0.15) is 0 Å². The van der Waals surface area contributed by atoms with Crippen LogP contribution in [0.1, 0.15) is 29.3 Å². The molecule has 3 aromatic rings. The number of rotatable bonds is 3. The highest BCUT2D eigenvalue weighted by Crippen LogP contribution is 2.39. The first-order valence-electron chi connectivity index (χ1n) is 7.75. The van der Waals surface area contributed by atoms with Crippen molar-refractivity contribution in [1.29, 1.82) is 0 Å². The Labute approximate surface area is 133 Å². The molecule has 22 heavy (non-hydrogen) atoms. The summed E-state index contributed by atoms with van der Waals surface area (Å²) in [5.74, 6) is 1.72. The van der Waals surface area contributed by atoms with E-state index in [4.69, 9.17) is 0 Å². The van der Waals surface area contributed by atoms with Crippen LogP contribution in [-0.2, 0) is 19.4 Å². The third-order valence-electron chi connectivity index (χ3n) is 4.32. The van der Waals surface area contributed by atoms with Crippen LogP contribution < -0.4 is 10.3 Å². The number of pyridine rings is 1. The maximum atomic E-state index is 4.50. The maximum Gasteiger partial charge on any atom is 0.171 e. The highest BCUT2D eigenvalue weighted by molar-refractivity contribution is 7.19. The summed E-state index contributed by atoms with van der Waals surface area (Å²) in [5, 5.41) is 4.73. The Morgan fingerprint density at radius 1 is 1.41 bits per heavy atom. The Balaban J connectivity index is 1.70. The molecule has 1 atom stereocenters. The van der Waals surface area contributed by atoms with Crippen LogP contribution >= 0.6 is 11.3 Å². The van der Waals surface area contributed by atoms with E-state index in [1.54, 1.807) is 6.33 Å². The van der Waals surface area contributed by atoms with Crippen molar-refractivity contribution in [3.05, 3.63) is 46.9 Å². The Kier molecular flexibility index (Phi) is 3.50. The van der Waals surface area contributed by atoms with E-state index < -0.39 is 0 Å².